The van der Waals surface area contributed by atoms with Crippen molar-refractivity contribution in [1.82, 2.24) is 0 Å². The molecule has 0 N–H and O–H groups in total. The van der Waals surface area contributed by atoms with E-state index in [0.717, 1.165) is 18.5 Å². The first kappa shape index (κ1) is 8.79. The quantitative estimate of drug-likeness (QED) is 0.630. The summed E-state index contributed by atoms with van der Waals surface area (Å²) in [7, 11) is -0.147. The van der Waals surface area contributed by atoms with Gasteiger partial charge in [0.05, 0.1) is 12.7 Å². The minimum absolute atomic E-state index is 0.147. The van der Waals surface area contributed by atoms with Crippen LogP contribution in [-0.4, -0.2) is 19.8 Å². The fourth-order valence-electron chi connectivity index (χ4n) is 1.45. The van der Waals surface area contributed by atoms with E-state index in [2.05, 4.69) is 6.92 Å². The molecule has 0 aromatic heterocycles. The topological polar surface area (TPSA) is 18.5 Å². The first-order chi connectivity index (χ1) is 6.40. The number of rotatable bonds is 2. The molecule has 0 amide bonds. The van der Waals surface area contributed by atoms with E-state index in [0.29, 0.717) is 0 Å². The Kier molecular flexibility index (Phi) is 2.66. The molecule has 0 saturated carbocycles. The molecular formula is C10H13BO2. The first-order valence-corrected chi connectivity index (χ1v) is 4.72. The van der Waals surface area contributed by atoms with Crippen molar-refractivity contribution in [3.63, 3.8) is 0 Å². The zero-order valence-corrected chi connectivity index (χ0v) is 7.77. The summed E-state index contributed by atoms with van der Waals surface area (Å²) < 4.78 is 11.2. The normalized spacial score (nSPS) is 22.2. The van der Waals surface area contributed by atoms with Crippen LogP contribution in [0.25, 0.3) is 0 Å². The Balaban J connectivity index is 2.04. The highest BCUT2D eigenvalue weighted by Crippen LogP contribution is 2.10. The molecular weight excluding hydrogens is 163 g/mol. The molecule has 2 nitrogen and oxygen atoms in total. The summed E-state index contributed by atoms with van der Waals surface area (Å²) >= 11 is 0. The second-order valence-corrected chi connectivity index (χ2v) is 3.24. The molecule has 0 spiro atoms. The number of benzene rings is 1. The Morgan fingerprint density at radius 1 is 1.38 bits per heavy atom. The second-order valence-electron chi connectivity index (χ2n) is 3.24. The summed E-state index contributed by atoms with van der Waals surface area (Å²) in [5, 5.41) is 0. The molecule has 68 valence electrons. The van der Waals surface area contributed by atoms with Gasteiger partial charge in [-0.3, -0.25) is 0 Å². The number of hydrogen-bond donors (Lipinski definition) is 0. The maximum atomic E-state index is 5.67. The lowest BCUT2D eigenvalue weighted by atomic mass is 9.79. The Morgan fingerprint density at radius 2 is 2.15 bits per heavy atom. The SMILES string of the molecule is CCC1COB(c2ccccc2)O1. The summed E-state index contributed by atoms with van der Waals surface area (Å²) in [5.74, 6) is 0. The van der Waals surface area contributed by atoms with E-state index < -0.39 is 0 Å². The van der Waals surface area contributed by atoms with E-state index in [1.807, 2.05) is 30.3 Å². The van der Waals surface area contributed by atoms with Gasteiger partial charge in [-0.1, -0.05) is 37.3 Å². The molecule has 1 fully saturated rings. The van der Waals surface area contributed by atoms with Crippen LogP contribution in [0.3, 0.4) is 0 Å². The van der Waals surface area contributed by atoms with Gasteiger partial charge in [-0.05, 0) is 11.9 Å². The van der Waals surface area contributed by atoms with E-state index in [4.69, 9.17) is 9.31 Å². The molecule has 1 aromatic rings. The molecule has 0 bridgehead atoms. The predicted molar refractivity (Wildman–Crippen MR) is 52.9 cm³/mol. The second kappa shape index (κ2) is 3.94. The van der Waals surface area contributed by atoms with Gasteiger partial charge in [-0.25, -0.2) is 0 Å². The van der Waals surface area contributed by atoms with Gasteiger partial charge in [0.15, 0.2) is 0 Å². The number of hydrogen-bond acceptors (Lipinski definition) is 2. The Morgan fingerprint density at radius 3 is 2.77 bits per heavy atom. The van der Waals surface area contributed by atoms with Crippen LogP contribution < -0.4 is 5.46 Å². The van der Waals surface area contributed by atoms with E-state index in [1.165, 1.54) is 0 Å². The average Bonchev–Trinajstić information content (AvgIpc) is 2.67. The van der Waals surface area contributed by atoms with Crippen molar-refractivity contribution >= 4 is 12.6 Å². The van der Waals surface area contributed by atoms with Gasteiger partial charge in [-0.2, -0.15) is 0 Å². The molecule has 1 atom stereocenters. The molecule has 1 unspecified atom stereocenters. The van der Waals surface area contributed by atoms with E-state index >= 15 is 0 Å². The third kappa shape index (κ3) is 1.93. The van der Waals surface area contributed by atoms with Crippen LogP contribution in [0.1, 0.15) is 13.3 Å². The van der Waals surface area contributed by atoms with Crippen LogP contribution >= 0.6 is 0 Å². The minimum atomic E-state index is -0.147. The summed E-state index contributed by atoms with van der Waals surface area (Å²) in [6.07, 6.45) is 1.29. The molecule has 2 rings (SSSR count). The van der Waals surface area contributed by atoms with Gasteiger partial charge in [0, 0.05) is 0 Å². The molecule has 0 radical (unpaired) electrons. The van der Waals surface area contributed by atoms with Crippen molar-refractivity contribution < 1.29 is 9.31 Å². The highest BCUT2D eigenvalue weighted by molar-refractivity contribution is 6.61. The van der Waals surface area contributed by atoms with Crippen LogP contribution in [0, 0.1) is 0 Å². The maximum Gasteiger partial charge on any atom is 0.494 e. The minimum Gasteiger partial charge on any atom is -0.405 e. The van der Waals surface area contributed by atoms with Crippen LogP contribution in [0.15, 0.2) is 30.3 Å². The third-order valence-electron chi connectivity index (χ3n) is 2.28. The molecule has 1 heterocycles. The zero-order chi connectivity index (χ0) is 9.10. The first-order valence-electron chi connectivity index (χ1n) is 4.72. The zero-order valence-electron chi connectivity index (χ0n) is 7.77. The maximum absolute atomic E-state index is 5.67. The van der Waals surface area contributed by atoms with Crippen molar-refractivity contribution in [2.24, 2.45) is 0 Å². The Labute approximate surface area is 79.0 Å². The van der Waals surface area contributed by atoms with Crippen molar-refractivity contribution in [2.75, 3.05) is 6.61 Å². The van der Waals surface area contributed by atoms with Gasteiger partial charge in [0.1, 0.15) is 0 Å². The van der Waals surface area contributed by atoms with Crippen molar-refractivity contribution in [3.8, 4) is 0 Å². The van der Waals surface area contributed by atoms with Gasteiger partial charge in [-0.15, -0.1) is 0 Å². The fraction of sp³-hybridized carbons (Fsp3) is 0.400. The molecule has 1 aliphatic heterocycles. The summed E-state index contributed by atoms with van der Waals surface area (Å²) in [6.45, 7) is 2.83. The summed E-state index contributed by atoms with van der Waals surface area (Å²) in [4.78, 5) is 0. The van der Waals surface area contributed by atoms with Crippen molar-refractivity contribution in [2.45, 2.75) is 19.4 Å². The third-order valence-corrected chi connectivity index (χ3v) is 2.28. The molecule has 13 heavy (non-hydrogen) atoms. The smallest absolute Gasteiger partial charge is 0.405 e. The van der Waals surface area contributed by atoms with E-state index in [-0.39, 0.29) is 13.2 Å². The lowest BCUT2D eigenvalue weighted by Crippen LogP contribution is -2.32. The Hall–Kier alpha value is -0.795. The summed E-state index contributed by atoms with van der Waals surface area (Å²) in [6, 6.07) is 10.1. The highest BCUT2D eigenvalue weighted by Gasteiger charge is 2.31. The standard InChI is InChI=1S/C10H13BO2/c1-2-10-8-12-11(13-10)9-6-4-3-5-7-9/h3-7,10H,2,8H2,1H3. The predicted octanol–water partition coefficient (Wildman–Crippen LogP) is 1.21. The molecule has 1 saturated heterocycles. The van der Waals surface area contributed by atoms with Crippen LogP contribution in [0.2, 0.25) is 0 Å². The largest absolute Gasteiger partial charge is 0.494 e. The van der Waals surface area contributed by atoms with Crippen molar-refractivity contribution in [3.05, 3.63) is 30.3 Å². The van der Waals surface area contributed by atoms with E-state index in [1.54, 1.807) is 0 Å². The fourth-order valence-corrected chi connectivity index (χ4v) is 1.45. The van der Waals surface area contributed by atoms with Gasteiger partial charge in [0.2, 0.25) is 0 Å². The van der Waals surface area contributed by atoms with E-state index in [9.17, 15) is 0 Å². The monoisotopic (exact) mass is 176 g/mol. The molecule has 1 aromatic carbocycles. The molecule has 1 aliphatic rings. The van der Waals surface area contributed by atoms with Gasteiger partial charge < -0.3 is 9.31 Å². The Bertz CT molecular complexity index is 263. The van der Waals surface area contributed by atoms with Crippen LogP contribution in [0.4, 0.5) is 0 Å². The van der Waals surface area contributed by atoms with Crippen molar-refractivity contribution in [1.29, 1.82) is 0 Å². The van der Waals surface area contributed by atoms with Gasteiger partial charge in [0.25, 0.3) is 0 Å². The average molecular weight is 176 g/mol. The molecule has 0 aliphatic carbocycles. The lowest BCUT2D eigenvalue weighted by molar-refractivity contribution is 0.230. The van der Waals surface area contributed by atoms with Crippen LogP contribution in [-0.2, 0) is 9.31 Å². The highest BCUT2D eigenvalue weighted by atomic mass is 16.6. The van der Waals surface area contributed by atoms with Gasteiger partial charge >= 0.3 is 7.12 Å². The lowest BCUT2D eigenvalue weighted by Gasteiger charge is -2.05. The molecule has 3 heteroatoms. The van der Waals surface area contributed by atoms with Crippen LogP contribution in [0.5, 0.6) is 0 Å². The summed E-state index contributed by atoms with van der Waals surface area (Å²) in [5.41, 5.74) is 1.11.